The van der Waals surface area contributed by atoms with Crippen LogP contribution in [0.1, 0.15) is 31.7 Å². The third-order valence-corrected chi connectivity index (χ3v) is 4.02. The predicted octanol–water partition coefficient (Wildman–Crippen LogP) is 2.58. The highest BCUT2D eigenvalue weighted by atomic mass is 16.5. The zero-order valence-corrected chi connectivity index (χ0v) is 15.6. The first-order valence-corrected chi connectivity index (χ1v) is 9.07. The molecule has 6 heteroatoms. The molecule has 0 aromatic heterocycles. The van der Waals surface area contributed by atoms with Crippen LogP contribution in [0.4, 0.5) is 0 Å². The molecule has 0 spiro atoms. The Labute approximate surface area is 151 Å². The summed E-state index contributed by atoms with van der Waals surface area (Å²) >= 11 is 0. The molecule has 0 atom stereocenters. The summed E-state index contributed by atoms with van der Waals surface area (Å²) in [5, 5.41) is 6.61. The number of nitrogens with zero attached hydrogens (tertiary/aromatic N) is 1. The Morgan fingerprint density at radius 3 is 2.64 bits per heavy atom. The van der Waals surface area contributed by atoms with Crippen LogP contribution in [0.3, 0.4) is 0 Å². The van der Waals surface area contributed by atoms with Crippen molar-refractivity contribution in [3.63, 3.8) is 0 Å². The number of methoxy groups -OCH3 is 2. The highest BCUT2D eigenvalue weighted by Crippen LogP contribution is 2.29. The van der Waals surface area contributed by atoms with E-state index in [0.29, 0.717) is 6.54 Å². The maximum absolute atomic E-state index is 5.65. The van der Waals surface area contributed by atoms with Crippen molar-refractivity contribution in [2.75, 3.05) is 40.5 Å². The molecule has 6 nitrogen and oxygen atoms in total. The molecule has 2 N–H and O–H groups in total. The van der Waals surface area contributed by atoms with Crippen LogP contribution >= 0.6 is 0 Å². The second-order valence-corrected chi connectivity index (χ2v) is 6.18. The van der Waals surface area contributed by atoms with Gasteiger partial charge in [-0.3, -0.25) is 0 Å². The molecule has 0 saturated heterocycles. The summed E-state index contributed by atoms with van der Waals surface area (Å²) in [4.78, 5) is 4.63. The van der Waals surface area contributed by atoms with E-state index < -0.39 is 0 Å². The molecular weight excluding hydrogens is 318 g/mol. The Kier molecular flexibility index (Phi) is 8.39. The Balaban J connectivity index is 1.77. The Morgan fingerprint density at radius 1 is 1.16 bits per heavy atom. The summed E-state index contributed by atoms with van der Waals surface area (Å²) in [6.45, 7) is 6.05. The van der Waals surface area contributed by atoms with Crippen molar-refractivity contribution in [3.05, 3.63) is 23.8 Å². The van der Waals surface area contributed by atoms with Crippen LogP contribution in [-0.4, -0.2) is 46.5 Å². The van der Waals surface area contributed by atoms with Crippen LogP contribution in [0.5, 0.6) is 11.5 Å². The van der Waals surface area contributed by atoms with E-state index in [0.717, 1.165) is 61.7 Å². The minimum absolute atomic E-state index is 0.577. The molecule has 140 valence electrons. The largest absolute Gasteiger partial charge is 0.493 e. The summed E-state index contributed by atoms with van der Waals surface area (Å²) < 4.78 is 16.2. The first-order chi connectivity index (χ1) is 12.3. The lowest BCUT2D eigenvalue weighted by atomic mass is 10.2. The zero-order chi connectivity index (χ0) is 17.9. The zero-order valence-electron chi connectivity index (χ0n) is 15.6. The van der Waals surface area contributed by atoms with E-state index in [1.165, 1.54) is 12.8 Å². The number of ether oxygens (including phenoxy) is 3. The third-order valence-electron chi connectivity index (χ3n) is 4.02. The number of guanidine groups is 1. The van der Waals surface area contributed by atoms with Gasteiger partial charge in [0.2, 0.25) is 0 Å². The van der Waals surface area contributed by atoms with E-state index >= 15 is 0 Å². The van der Waals surface area contributed by atoms with E-state index in [4.69, 9.17) is 14.2 Å². The lowest BCUT2D eigenvalue weighted by Gasteiger charge is -2.12. The standard InChI is InChI=1S/C19H31N3O3/c1-4-20-19(21-10-5-11-25-14-15-6-7-15)22-13-16-8-9-17(23-2)18(12-16)24-3/h8-9,12,15H,4-7,10-11,13-14H2,1-3H3,(H2,20,21,22). The highest BCUT2D eigenvalue weighted by molar-refractivity contribution is 5.79. The van der Waals surface area contributed by atoms with Gasteiger partial charge >= 0.3 is 0 Å². The first kappa shape index (κ1) is 19.4. The average molecular weight is 349 g/mol. The number of hydrogen-bond acceptors (Lipinski definition) is 4. The van der Waals surface area contributed by atoms with Gasteiger partial charge in [-0.15, -0.1) is 0 Å². The van der Waals surface area contributed by atoms with Crippen molar-refractivity contribution in [1.82, 2.24) is 10.6 Å². The van der Waals surface area contributed by atoms with E-state index in [9.17, 15) is 0 Å². The smallest absolute Gasteiger partial charge is 0.191 e. The molecule has 2 rings (SSSR count). The van der Waals surface area contributed by atoms with E-state index in [1.54, 1.807) is 14.2 Å². The normalized spacial score (nSPS) is 14.3. The molecular formula is C19H31N3O3. The van der Waals surface area contributed by atoms with Crippen molar-refractivity contribution >= 4 is 5.96 Å². The van der Waals surface area contributed by atoms with Gasteiger partial charge in [0.05, 0.1) is 20.8 Å². The fourth-order valence-corrected chi connectivity index (χ4v) is 2.41. The van der Waals surface area contributed by atoms with E-state index in [2.05, 4.69) is 22.5 Å². The molecule has 1 aromatic rings. The molecule has 1 aromatic carbocycles. The van der Waals surface area contributed by atoms with E-state index in [1.807, 2.05) is 18.2 Å². The highest BCUT2D eigenvalue weighted by Gasteiger charge is 2.20. The van der Waals surface area contributed by atoms with Crippen molar-refractivity contribution in [2.45, 2.75) is 32.7 Å². The van der Waals surface area contributed by atoms with Gasteiger partial charge in [0.15, 0.2) is 17.5 Å². The van der Waals surface area contributed by atoms with Crippen molar-refractivity contribution < 1.29 is 14.2 Å². The molecule has 1 aliphatic rings. The SMILES string of the molecule is CCNC(=NCc1ccc(OC)c(OC)c1)NCCCOCC1CC1. The van der Waals surface area contributed by atoms with Crippen LogP contribution in [0.15, 0.2) is 23.2 Å². The molecule has 0 radical (unpaired) electrons. The summed E-state index contributed by atoms with van der Waals surface area (Å²) in [5.74, 6) is 3.10. The Morgan fingerprint density at radius 2 is 1.96 bits per heavy atom. The topological polar surface area (TPSA) is 64.1 Å². The molecule has 25 heavy (non-hydrogen) atoms. The van der Waals surface area contributed by atoms with Crippen molar-refractivity contribution in [2.24, 2.45) is 10.9 Å². The number of rotatable bonds is 11. The second kappa shape index (κ2) is 10.8. The monoisotopic (exact) mass is 349 g/mol. The Bertz CT molecular complexity index is 545. The van der Waals surface area contributed by atoms with Crippen LogP contribution in [0.2, 0.25) is 0 Å². The van der Waals surface area contributed by atoms with Gasteiger partial charge in [-0.2, -0.15) is 0 Å². The quantitative estimate of drug-likeness (QED) is 0.365. The molecule has 1 aliphatic carbocycles. The number of hydrogen-bond donors (Lipinski definition) is 2. The van der Waals surface area contributed by atoms with Gasteiger partial charge in [0.1, 0.15) is 0 Å². The molecule has 0 bridgehead atoms. The van der Waals surface area contributed by atoms with Gasteiger partial charge in [-0.05, 0) is 49.8 Å². The minimum Gasteiger partial charge on any atom is -0.493 e. The summed E-state index contributed by atoms with van der Waals surface area (Å²) in [6.07, 6.45) is 3.66. The fourth-order valence-electron chi connectivity index (χ4n) is 2.41. The summed E-state index contributed by atoms with van der Waals surface area (Å²) in [7, 11) is 3.28. The fraction of sp³-hybridized carbons (Fsp3) is 0.632. The molecule has 1 fully saturated rings. The number of aliphatic imine (C=N–C) groups is 1. The molecule has 0 amide bonds. The number of nitrogens with one attached hydrogen (secondary N) is 2. The predicted molar refractivity (Wildman–Crippen MR) is 101 cm³/mol. The Hall–Kier alpha value is -1.95. The van der Waals surface area contributed by atoms with Gasteiger partial charge in [-0.25, -0.2) is 4.99 Å². The van der Waals surface area contributed by atoms with Crippen molar-refractivity contribution in [1.29, 1.82) is 0 Å². The lowest BCUT2D eigenvalue weighted by molar-refractivity contribution is 0.123. The molecule has 0 unspecified atom stereocenters. The third kappa shape index (κ3) is 7.22. The van der Waals surface area contributed by atoms with Crippen LogP contribution in [-0.2, 0) is 11.3 Å². The van der Waals surface area contributed by atoms with Crippen LogP contribution in [0.25, 0.3) is 0 Å². The molecule has 0 heterocycles. The maximum Gasteiger partial charge on any atom is 0.191 e. The van der Waals surface area contributed by atoms with Gasteiger partial charge in [0.25, 0.3) is 0 Å². The average Bonchev–Trinajstić information content (AvgIpc) is 3.46. The maximum atomic E-state index is 5.65. The second-order valence-electron chi connectivity index (χ2n) is 6.18. The van der Waals surface area contributed by atoms with Gasteiger partial charge in [0, 0.05) is 26.3 Å². The molecule has 0 aliphatic heterocycles. The van der Waals surface area contributed by atoms with Crippen LogP contribution < -0.4 is 20.1 Å². The van der Waals surface area contributed by atoms with Crippen molar-refractivity contribution in [3.8, 4) is 11.5 Å². The minimum atomic E-state index is 0.577. The number of benzene rings is 1. The molecule has 1 saturated carbocycles. The summed E-state index contributed by atoms with van der Waals surface area (Å²) in [6, 6.07) is 5.86. The van der Waals surface area contributed by atoms with E-state index in [-0.39, 0.29) is 0 Å². The summed E-state index contributed by atoms with van der Waals surface area (Å²) in [5.41, 5.74) is 1.07. The van der Waals surface area contributed by atoms with Crippen LogP contribution in [0, 0.1) is 5.92 Å². The lowest BCUT2D eigenvalue weighted by Crippen LogP contribution is -2.38. The first-order valence-electron chi connectivity index (χ1n) is 9.07. The van der Waals surface area contributed by atoms with Gasteiger partial charge in [-0.1, -0.05) is 6.07 Å². The van der Waals surface area contributed by atoms with Gasteiger partial charge < -0.3 is 24.8 Å².